The van der Waals surface area contributed by atoms with E-state index < -0.39 is 11.7 Å². The van der Waals surface area contributed by atoms with Crippen LogP contribution in [0.25, 0.3) is 11.3 Å². The highest BCUT2D eigenvalue weighted by molar-refractivity contribution is 6.03. The predicted octanol–water partition coefficient (Wildman–Crippen LogP) is 4.70. The van der Waals surface area contributed by atoms with E-state index in [1.165, 1.54) is 11.0 Å². The standard InChI is InChI=1S/C20H17F3N4O/c1-26-12-24-11-18(26)13-3-2-4-16(10-13)25-19(28)27-8-7-14-9-15(20(21,22)23)5-6-17(14)27/h2-6,9-12H,7-8H2,1H3,(H,25,28). The van der Waals surface area contributed by atoms with Crippen LogP contribution in [0.2, 0.25) is 0 Å². The van der Waals surface area contributed by atoms with Crippen molar-refractivity contribution in [2.45, 2.75) is 12.6 Å². The first kappa shape index (κ1) is 18.1. The predicted molar refractivity (Wildman–Crippen MR) is 100 cm³/mol. The summed E-state index contributed by atoms with van der Waals surface area (Å²) in [6.45, 7) is 0.337. The van der Waals surface area contributed by atoms with Crippen molar-refractivity contribution in [1.82, 2.24) is 9.55 Å². The van der Waals surface area contributed by atoms with Crippen LogP contribution < -0.4 is 10.2 Å². The molecule has 0 fully saturated rings. The number of aromatic nitrogens is 2. The van der Waals surface area contributed by atoms with E-state index in [1.54, 1.807) is 18.6 Å². The molecule has 1 aliphatic rings. The summed E-state index contributed by atoms with van der Waals surface area (Å²) in [4.78, 5) is 18.3. The van der Waals surface area contributed by atoms with Gasteiger partial charge in [0.05, 0.1) is 23.8 Å². The van der Waals surface area contributed by atoms with Crippen LogP contribution in [-0.2, 0) is 19.6 Å². The molecule has 0 atom stereocenters. The maximum Gasteiger partial charge on any atom is 0.416 e. The average Bonchev–Trinajstić information content (AvgIpc) is 3.26. The van der Waals surface area contributed by atoms with Gasteiger partial charge in [0.15, 0.2) is 0 Å². The van der Waals surface area contributed by atoms with Crippen molar-refractivity contribution in [3.8, 4) is 11.3 Å². The van der Waals surface area contributed by atoms with Crippen molar-refractivity contribution in [3.63, 3.8) is 0 Å². The van der Waals surface area contributed by atoms with Crippen molar-refractivity contribution < 1.29 is 18.0 Å². The Bertz CT molecular complexity index is 1040. The van der Waals surface area contributed by atoms with E-state index in [-0.39, 0.29) is 6.03 Å². The molecule has 0 unspecified atom stereocenters. The van der Waals surface area contributed by atoms with Crippen molar-refractivity contribution in [2.75, 3.05) is 16.8 Å². The maximum absolute atomic E-state index is 12.9. The fourth-order valence-corrected chi connectivity index (χ4v) is 3.37. The molecule has 28 heavy (non-hydrogen) atoms. The van der Waals surface area contributed by atoms with Gasteiger partial charge in [0, 0.05) is 30.5 Å². The highest BCUT2D eigenvalue weighted by atomic mass is 19.4. The van der Waals surface area contributed by atoms with E-state index in [0.717, 1.165) is 23.4 Å². The number of alkyl halides is 3. The van der Waals surface area contributed by atoms with Crippen LogP contribution in [-0.4, -0.2) is 22.1 Å². The molecule has 2 heterocycles. The number of carbonyl (C=O) groups is 1. The first-order valence-corrected chi connectivity index (χ1v) is 8.68. The Labute approximate surface area is 159 Å². The Hall–Kier alpha value is -3.29. The van der Waals surface area contributed by atoms with Gasteiger partial charge in [-0.05, 0) is 42.3 Å². The monoisotopic (exact) mass is 386 g/mol. The molecule has 2 aromatic carbocycles. The lowest BCUT2D eigenvalue weighted by atomic mass is 10.1. The van der Waals surface area contributed by atoms with Crippen molar-refractivity contribution >= 4 is 17.4 Å². The van der Waals surface area contributed by atoms with E-state index in [4.69, 9.17) is 0 Å². The SMILES string of the molecule is Cn1cncc1-c1cccc(NC(=O)N2CCc3cc(C(F)(F)F)ccc32)c1. The van der Waals surface area contributed by atoms with Gasteiger partial charge < -0.3 is 9.88 Å². The molecule has 144 valence electrons. The van der Waals surface area contributed by atoms with Gasteiger partial charge in [-0.25, -0.2) is 9.78 Å². The number of amides is 2. The molecule has 2 amide bonds. The molecule has 1 aromatic heterocycles. The summed E-state index contributed by atoms with van der Waals surface area (Å²) in [5.74, 6) is 0. The van der Waals surface area contributed by atoms with E-state index in [9.17, 15) is 18.0 Å². The minimum absolute atomic E-state index is 0.337. The number of nitrogens with zero attached hydrogens (tertiary/aromatic N) is 3. The highest BCUT2D eigenvalue weighted by Crippen LogP contribution is 2.36. The third-order valence-corrected chi connectivity index (χ3v) is 4.77. The van der Waals surface area contributed by atoms with E-state index in [1.807, 2.05) is 29.8 Å². The summed E-state index contributed by atoms with van der Waals surface area (Å²) < 4.78 is 40.5. The first-order chi connectivity index (χ1) is 13.3. The largest absolute Gasteiger partial charge is 0.416 e. The molecule has 4 rings (SSSR count). The van der Waals surface area contributed by atoms with Crippen LogP contribution in [0.15, 0.2) is 55.0 Å². The Morgan fingerprint density at radius 1 is 1.18 bits per heavy atom. The lowest BCUT2D eigenvalue weighted by Gasteiger charge is -2.19. The van der Waals surface area contributed by atoms with Crippen LogP contribution in [0, 0.1) is 0 Å². The van der Waals surface area contributed by atoms with Gasteiger partial charge in [0.25, 0.3) is 0 Å². The summed E-state index contributed by atoms with van der Waals surface area (Å²) >= 11 is 0. The molecule has 0 aliphatic carbocycles. The molecule has 1 N–H and O–H groups in total. The number of nitrogens with one attached hydrogen (secondary N) is 1. The van der Waals surface area contributed by atoms with Gasteiger partial charge in [0.1, 0.15) is 0 Å². The fourth-order valence-electron chi connectivity index (χ4n) is 3.37. The van der Waals surface area contributed by atoms with Crippen LogP contribution in [0.3, 0.4) is 0 Å². The lowest BCUT2D eigenvalue weighted by Crippen LogP contribution is -2.33. The number of hydrogen-bond donors (Lipinski definition) is 1. The second-order valence-corrected chi connectivity index (χ2v) is 6.64. The lowest BCUT2D eigenvalue weighted by molar-refractivity contribution is -0.137. The minimum atomic E-state index is -4.39. The molecule has 0 radical (unpaired) electrons. The Balaban J connectivity index is 1.54. The second kappa shape index (κ2) is 6.70. The number of urea groups is 1. The molecule has 0 saturated heterocycles. The first-order valence-electron chi connectivity index (χ1n) is 8.68. The van der Waals surface area contributed by atoms with Crippen molar-refractivity contribution in [3.05, 3.63) is 66.1 Å². The van der Waals surface area contributed by atoms with Gasteiger partial charge in [0.2, 0.25) is 0 Å². The summed E-state index contributed by atoms with van der Waals surface area (Å²) in [5.41, 5.74) is 2.74. The maximum atomic E-state index is 12.9. The molecule has 0 spiro atoms. The summed E-state index contributed by atoms with van der Waals surface area (Å²) in [6.07, 6.45) is -0.578. The molecule has 5 nitrogen and oxygen atoms in total. The van der Waals surface area contributed by atoms with E-state index in [2.05, 4.69) is 10.3 Å². The number of carbonyl (C=O) groups excluding carboxylic acids is 1. The second-order valence-electron chi connectivity index (χ2n) is 6.64. The highest BCUT2D eigenvalue weighted by Gasteiger charge is 2.33. The number of halogens is 3. The summed E-state index contributed by atoms with van der Waals surface area (Å²) in [7, 11) is 1.88. The third-order valence-electron chi connectivity index (χ3n) is 4.77. The molecule has 8 heteroatoms. The van der Waals surface area contributed by atoms with Crippen LogP contribution in [0.5, 0.6) is 0 Å². The number of hydrogen-bond acceptors (Lipinski definition) is 2. The molecule has 1 aliphatic heterocycles. The molecule has 0 saturated carbocycles. The molecule has 3 aromatic rings. The minimum Gasteiger partial charge on any atom is -0.334 e. The van der Waals surface area contributed by atoms with E-state index in [0.29, 0.717) is 29.9 Å². The zero-order chi connectivity index (χ0) is 19.9. The summed E-state index contributed by atoms with van der Waals surface area (Å²) in [5, 5.41) is 2.83. The summed E-state index contributed by atoms with van der Waals surface area (Å²) in [6, 6.07) is 10.4. The zero-order valence-electron chi connectivity index (χ0n) is 15.0. The number of fused-ring (bicyclic) bond motifs is 1. The van der Waals surface area contributed by atoms with Crippen LogP contribution >= 0.6 is 0 Å². The van der Waals surface area contributed by atoms with Gasteiger partial charge in [-0.2, -0.15) is 13.2 Å². The fraction of sp³-hybridized carbons (Fsp3) is 0.200. The van der Waals surface area contributed by atoms with Crippen LogP contribution in [0.4, 0.5) is 29.3 Å². The van der Waals surface area contributed by atoms with Gasteiger partial charge >= 0.3 is 12.2 Å². The van der Waals surface area contributed by atoms with Crippen molar-refractivity contribution in [2.24, 2.45) is 7.05 Å². The molecular formula is C20H17F3N4O. The normalized spacial score (nSPS) is 13.5. The molecular weight excluding hydrogens is 369 g/mol. The average molecular weight is 386 g/mol. The van der Waals surface area contributed by atoms with Crippen LogP contribution in [0.1, 0.15) is 11.1 Å². The van der Waals surface area contributed by atoms with E-state index >= 15 is 0 Å². The number of imidazole rings is 1. The Morgan fingerprint density at radius 2 is 2.00 bits per heavy atom. The van der Waals surface area contributed by atoms with Gasteiger partial charge in [-0.15, -0.1) is 0 Å². The Morgan fingerprint density at radius 3 is 2.71 bits per heavy atom. The van der Waals surface area contributed by atoms with Gasteiger partial charge in [-0.3, -0.25) is 4.90 Å². The number of rotatable bonds is 2. The van der Waals surface area contributed by atoms with Crippen molar-refractivity contribution in [1.29, 1.82) is 0 Å². The third kappa shape index (κ3) is 3.33. The quantitative estimate of drug-likeness (QED) is 0.694. The Kier molecular flexibility index (Phi) is 4.33. The smallest absolute Gasteiger partial charge is 0.334 e. The zero-order valence-corrected chi connectivity index (χ0v) is 15.0. The number of anilines is 2. The van der Waals surface area contributed by atoms with Gasteiger partial charge in [-0.1, -0.05) is 12.1 Å². The molecule has 0 bridgehead atoms. The number of aryl methyl sites for hydroxylation is 1. The number of benzene rings is 2. The topological polar surface area (TPSA) is 50.2 Å².